The summed E-state index contributed by atoms with van der Waals surface area (Å²) in [5, 5.41) is 0. The van der Waals surface area contributed by atoms with Crippen molar-refractivity contribution in [3.05, 3.63) is 0 Å². The van der Waals surface area contributed by atoms with Crippen LogP contribution in [0.15, 0.2) is 0 Å². The van der Waals surface area contributed by atoms with E-state index >= 15 is 0 Å². The van der Waals surface area contributed by atoms with Crippen molar-refractivity contribution in [3.63, 3.8) is 0 Å². The number of carbonyl (C=O) groups is 1. The fourth-order valence-corrected chi connectivity index (χ4v) is 1.46. The Morgan fingerprint density at radius 2 is 2.08 bits per heavy atom. The number of Topliss-reactive ketones (excluding diaryl/α,β-unsaturated/α-hetero) is 1. The first kappa shape index (κ1) is 10.7. The number of ketones is 1. The second-order valence-corrected chi connectivity index (χ2v) is 4.38. The number of hydrogen-bond donors (Lipinski definition) is 0. The zero-order valence-electron chi connectivity index (χ0n) is 8.96. The number of likely N-dealkylation sites (N-methyl/N-ethyl adjacent to an activating group) is 1. The molecule has 0 spiro atoms. The van der Waals surface area contributed by atoms with E-state index in [0.717, 1.165) is 13.0 Å². The molecule has 1 aliphatic heterocycles. The van der Waals surface area contributed by atoms with Gasteiger partial charge in [0.05, 0.1) is 12.1 Å². The van der Waals surface area contributed by atoms with Crippen molar-refractivity contribution in [1.29, 1.82) is 0 Å². The summed E-state index contributed by atoms with van der Waals surface area (Å²) >= 11 is 0. The Hall–Kier alpha value is -0.410. The molecule has 1 atom stereocenters. The zero-order chi connectivity index (χ0) is 10.1. The van der Waals surface area contributed by atoms with E-state index < -0.39 is 0 Å². The van der Waals surface area contributed by atoms with Gasteiger partial charge in [0, 0.05) is 12.5 Å². The molecule has 3 heteroatoms. The van der Waals surface area contributed by atoms with Crippen LogP contribution in [0.2, 0.25) is 0 Å². The first-order chi connectivity index (χ1) is 5.96. The number of hydrogen-bond acceptors (Lipinski definition) is 3. The number of carbonyl (C=O) groups excluding carboxylic acids is 1. The van der Waals surface area contributed by atoms with Gasteiger partial charge >= 0.3 is 0 Å². The van der Waals surface area contributed by atoms with Crippen LogP contribution >= 0.6 is 0 Å². The van der Waals surface area contributed by atoms with E-state index in [-0.39, 0.29) is 11.5 Å². The second-order valence-electron chi connectivity index (χ2n) is 4.38. The summed E-state index contributed by atoms with van der Waals surface area (Å²) < 4.78 is 5.21. The summed E-state index contributed by atoms with van der Waals surface area (Å²) in [4.78, 5) is 14.0. The molecular formula is C10H19NO2. The SMILES string of the molecule is CN(C)C(C)(C)C(=O)C1CCOC1. The molecule has 0 N–H and O–H groups in total. The molecule has 1 saturated heterocycles. The lowest BCUT2D eigenvalue weighted by Gasteiger charge is -2.32. The van der Waals surface area contributed by atoms with Crippen LogP contribution in [0, 0.1) is 5.92 Å². The highest BCUT2D eigenvalue weighted by Gasteiger charge is 2.36. The Morgan fingerprint density at radius 3 is 2.46 bits per heavy atom. The van der Waals surface area contributed by atoms with E-state index in [1.165, 1.54) is 0 Å². The highest BCUT2D eigenvalue weighted by molar-refractivity contribution is 5.89. The van der Waals surface area contributed by atoms with Crippen molar-refractivity contribution in [3.8, 4) is 0 Å². The maximum atomic E-state index is 12.0. The molecule has 1 rings (SSSR count). The van der Waals surface area contributed by atoms with Crippen molar-refractivity contribution in [2.45, 2.75) is 25.8 Å². The Labute approximate surface area is 80.1 Å². The van der Waals surface area contributed by atoms with Crippen LogP contribution in [0.1, 0.15) is 20.3 Å². The van der Waals surface area contributed by atoms with E-state index in [2.05, 4.69) is 0 Å². The Balaban J connectivity index is 2.64. The van der Waals surface area contributed by atoms with Crippen LogP contribution in [0.3, 0.4) is 0 Å². The van der Waals surface area contributed by atoms with Crippen LogP contribution in [0.4, 0.5) is 0 Å². The van der Waals surface area contributed by atoms with Crippen LogP contribution < -0.4 is 0 Å². The van der Waals surface area contributed by atoms with E-state index in [0.29, 0.717) is 12.4 Å². The topological polar surface area (TPSA) is 29.5 Å². The first-order valence-electron chi connectivity index (χ1n) is 4.75. The van der Waals surface area contributed by atoms with Gasteiger partial charge in [-0.05, 0) is 34.4 Å². The largest absolute Gasteiger partial charge is 0.381 e. The van der Waals surface area contributed by atoms with Crippen LogP contribution in [0.5, 0.6) is 0 Å². The molecule has 1 aliphatic rings. The lowest BCUT2D eigenvalue weighted by Crippen LogP contribution is -2.48. The molecule has 1 heterocycles. The normalized spacial score (nSPS) is 23.9. The average Bonchev–Trinajstić information content (AvgIpc) is 2.54. The maximum absolute atomic E-state index is 12.0. The molecule has 0 amide bonds. The number of rotatable bonds is 3. The Bertz CT molecular complexity index is 193. The number of nitrogens with zero attached hydrogens (tertiary/aromatic N) is 1. The van der Waals surface area contributed by atoms with Gasteiger partial charge < -0.3 is 4.74 Å². The molecule has 0 aromatic rings. The molecule has 0 aromatic carbocycles. The third-order valence-corrected chi connectivity index (χ3v) is 3.02. The second kappa shape index (κ2) is 3.76. The van der Waals surface area contributed by atoms with Crippen molar-refractivity contribution in [2.75, 3.05) is 27.3 Å². The highest BCUT2D eigenvalue weighted by Crippen LogP contribution is 2.22. The van der Waals surface area contributed by atoms with E-state index in [4.69, 9.17) is 4.74 Å². The van der Waals surface area contributed by atoms with Gasteiger partial charge in [-0.3, -0.25) is 9.69 Å². The maximum Gasteiger partial charge on any atom is 0.157 e. The van der Waals surface area contributed by atoms with E-state index in [1.807, 2.05) is 32.8 Å². The number of ether oxygens (including phenoxy) is 1. The van der Waals surface area contributed by atoms with Gasteiger partial charge in [-0.25, -0.2) is 0 Å². The molecule has 0 bridgehead atoms. The van der Waals surface area contributed by atoms with Crippen molar-refractivity contribution in [2.24, 2.45) is 5.92 Å². The minimum atomic E-state index is -0.363. The van der Waals surface area contributed by atoms with Gasteiger partial charge in [-0.2, -0.15) is 0 Å². The summed E-state index contributed by atoms with van der Waals surface area (Å²) in [6.45, 7) is 5.28. The van der Waals surface area contributed by atoms with E-state index in [1.54, 1.807) is 0 Å². The fraction of sp³-hybridized carbons (Fsp3) is 0.900. The average molecular weight is 185 g/mol. The van der Waals surface area contributed by atoms with Gasteiger partial charge in [0.2, 0.25) is 0 Å². The Morgan fingerprint density at radius 1 is 1.46 bits per heavy atom. The van der Waals surface area contributed by atoms with Crippen molar-refractivity contribution in [1.82, 2.24) is 4.90 Å². The van der Waals surface area contributed by atoms with Crippen LogP contribution in [-0.4, -0.2) is 43.5 Å². The van der Waals surface area contributed by atoms with Gasteiger partial charge in [0.25, 0.3) is 0 Å². The van der Waals surface area contributed by atoms with Crippen LogP contribution in [-0.2, 0) is 9.53 Å². The van der Waals surface area contributed by atoms with Gasteiger partial charge in [0.15, 0.2) is 5.78 Å². The third kappa shape index (κ3) is 2.09. The summed E-state index contributed by atoms with van der Waals surface area (Å²) in [5.41, 5.74) is -0.363. The van der Waals surface area contributed by atoms with Gasteiger partial charge in [-0.1, -0.05) is 0 Å². The molecule has 0 aromatic heterocycles. The van der Waals surface area contributed by atoms with Crippen LogP contribution in [0.25, 0.3) is 0 Å². The first-order valence-corrected chi connectivity index (χ1v) is 4.75. The summed E-state index contributed by atoms with van der Waals surface area (Å²) in [6, 6.07) is 0. The molecule has 1 fully saturated rings. The summed E-state index contributed by atoms with van der Waals surface area (Å²) in [5.74, 6) is 0.410. The lowest BCUT2D eigenvalue weighted by atomic mass is 9.87. The van der Waals surface area contributed by atoms with Crippen molar-refractivity contribution < 1.29 is 9.53 Å². The monoisotopic (exact) mass is 185 g/mol. The highest BCUT2D eigenvalue weighted by atomic mass is 16.5. The molecule has 0 radical (unpaired) electrons. The Kier molecular flexibility index (Phi) is 3.09. The fourth-order valence-electron chi connectivity index (χ4n) is 1.46. The third-order valence-electron chi connectivity index (χ3n) is 3.02. The lowest BCUT2D eigenvalue weighted by molar-refractivity contribution is -0.132. The molecular weight excluding hydrogens is 166 g/mol. The predicted molar refractivity (Wildman–Crippen MR) is 51.7 cm³/mol. The van der Waals surface area contributed by atoms with Gasteiger partial charge in [-0.15, -0.1) is 0 Å². The van der Waals surface area contributed by atoms with Crippen molar-refractivity contribution >= 4 is 5.78 Å². The molecule has 0 aliphatic carbocycles. The zero-order valence-corrected chi connectivity index (χ0v) is 8.96. The molecule has 0 saturated carbocycles. The molecule has 3 nitrogen and oxygen atoms in total. The molecule has 76 valence electrons. The molecule has 1 unspecified atom stereocenters. The van der Waals surface area contributed by atoms with E-state index in [9.17, 15) is 4.79 Å². The minimum Gasteiger partial charge on any atom is -0.381 e. The minimum absolute atomic E-state index is 0.109. The standard InChI is InChI=1S/C10H19NO2/c1-10(2,11(3)4)9(12)8-5-6-13-7-8/h8H,5-7H2,1-4H3. The summed E-state index contributed by atoms with van der Waals surface area (Å²) in [7, 11) is 3.88. The summed E-state index contributed by atoms with van der Waals surface area (Å²) in [6.07, 6.45) is 0.885. The van der Waals surface area contributed by atoms with Gasteiger partial charge in [0.1, 0.15) is 0 Å². The smallest absolute Gasteiger partial charge is 0.157 e. The molecule has 13 heavy (non-hydrogen) atoms. The predicted octanol–water partition coefficient (Wildman–Crippen LogP) is 0.932. The quantitative estimate of drug-likeness (QED) is 0.655.